The number of benzene rings is 4. The van der Waals surface area contributed by atoms with Gasteiger partial charge in [0, 0.05) is 0 Å². The molecule has 0 saturated carbocycles. The van der Waals surface area contributed by atoms with E-state index in [2.05, 4.69) is 0 Å². The van der Waals surface area contributed by atoms with Crippen LogP contribution in [0.25, 0.3) is 0 Å². The summed E-state index contributed by atoms with van der Waals surface area (Å²) in [5.74, 6) is -1.20. The van der Waals surface area contributed by atoms with Crippen molar-refractivity contribution in [3.05, 3.63) is 121 Å². The summed E-state index contributed by atoms with van der Waals surface area (Å²) in [7, 11) is -8.36. The second-order valence-corrected chi connectivity index (χ2v) is 14.4. The van der Waals surface area contributed by atoms with Gasteiger partial charge in [-0.25, -0.2) is 0 Å². The molecule has 0 aromatic heterocycles. The van der Waals surface area contributed by atoms with Gasteiger partial charge in [0.2, 0.25) is 0 Å². The zero-order valence-electron chi connectivity index (χ0n) is 19.7. The van der Waals surface area contributed by atoms with Gasteiger partial charge in [0.1, 0.15) is 5.85 Å². The van der Waals surface area contributed by atoms with Crippen molar-refractivity contribution in [1.29, 1.82) is 0 Å². The van der Waals surface area contributed by atoms with Gasteiger partial charge in [-0.1, -0.05) is 121 Å². The molecule has 1 atom stereocenters. The summed E-state index contributed by atoms with van der Waals surface area (Å²) in [5, 5.41) is 3.61. The molecule has 4 aromatic rings. The average molecular weight is 561 g/mol. The SMILES string of the molecule is O=S(=O)(OC(CCP(c1ccccc1)c1ccccc1)P(c1ccccc1)c1ccccc1)C(F)(F)F. The molecule has 4 aromatic carbocycles. The second kappa shape index (κ2) is 12.3. The highest BCUT2D eigenvalue weighted by Gasteiger charge is 2.49. The number of hydrogen-bond donors (Lipinski definition) is 0. The lowest BCUT2D eigenvalue weighted by molar-refractivity contribution is -0.0551. The topological polar surface area (TPSA) is 43.4 Å². The first-order chi connectivity index (χ1) is 17.8. The molecule has 0 spiro atoms. The zero-order valence-corrected chi connectivity index (χ0v) is 22.3. The molecule has 1 unspecified atom stereocenters. The molecule has 4 rings (SSSR count). The van der Waals surface area contributed by atoms with Crippen molar-refractivity contribution in [1.82, 2.24) is 0 Å². The Morgan fingerprint density at radius 2 is 0.973 bits per heavy atom. The molecule has 0 radical (unpaired) electrons. The molecule has 0 heterocycles. The quantitative estimate of drug-likeness (QED) is 0.139. The van der Waals surface area contributed by atoms with Gasteiger partial charge in [-0.2, -0.15) is 21.6 Å². The lowest BCUT2D eigenvalue weighted by Gasteiger charge is -2.30. The fourth-order valence-electron chi connectivity index (χ4n) is 3.94. The minimum absolute atomic E-state index is 0.125. The maximum absolute atomic E-state index is 13.5. The van der Waals surface area contributed by atoms with E-state index < -0.39 is 37.3 Å². The first kappa shape index (κ1) is 27.5. The van der Waals surface area contributed by atoms with Crippen LogP contribution in [-0.4, -0.2) is 25.9 Å². The molecular formula is C28H25F3O3P2S. The molecule has 0 saturated heterocycles. The van der Waals surface area contributed by atoms with Crippen LogP contribution in [0.5, 0.6) is 0 Å². The van der Waals surface area contributed by atoms with Gasteiger partial charge < -0.3 is 0 Å². The Kier molecular flexibility index (Phi) is 9.15. The maximum atomic E-state index is 13.5. The molecule has 0 fully saturated rings. The van der Waals surface area contributed by atoms with Crippen LogP contribution < -0.4 is 21.2 Å². The van der Waals surface area contributed by atoms with Crippen molar-refractivity contribution >= 4 is 47.2 Å². The van der Waals surface area contributed by atoms with Crippen LogP contribution in [-0.2, 0) is 14.3 Å². The Bertz CT molecular complexity index is 1280. The Labute approximate surface area is 218 Å². The molecule has 9 heteroatoms. The first-order valence-electron chi connectivity index (χ1n) is 11.5. The Balaban J connectivity index is 1.76. The largest absolute Gasteiger partial charge is 0.523 e. The highest BCUT2D eigenvalue weighted by Crippen LogP contribution is 2.46. The van der Waals surface area contributed by atoms with E-state index in [1.807, 2.05) is 97.1 Å². The Morgan fingerprint density at radius 3 is 1.32 bits per heavy atom. The third-order valence-corrected chi connectivity index (χ3v) is 12.0. The van der Waals surface area contributed by atoms with Gasteiger partial charge in [0.05, 0.1) is 0 Å². The van der Waals surface area contributed by atoms with Crippen LogP contribution in [0.4, 0.5) is 13.2 Å². The fraction of sp³-hybridized carbons (Fsp3) is 0.143. The van der Waals surface area contributed by atoms with Crippen molar-refractivity contribution in [3.63, 3.8) is 0 Å². The van der Waals surface area contributed by atoms with Gasteiger partial charge in [0.25, 0.3) is 0 Å². The highest BCUT2D eigenvalue weighted by atomic mass is 32.2. The van der Waals surface area contributed by atoms with E-state index in [0.717, 1.165) is 21.2 Å². The van der Waals surface area contributed by atoms with Crippen molar-refractivity contribution in [2.45, 2.75) is 17.8 Å². The molecule has 0 amide bonds. The smallest absolute Gasteiger partial charge is 0.255 e. The third kappa shape index (κ3) is 7.06. The molecule has 192 valence electrons. The highest BCUT2D eigenvalue weighted by molar-refractivity contribution is 7.88. The molecule has 3 nitrogen and oxygen atoms in total. The van der Waals surface area contributed by atoms with Crippen molar-refractivity contribution < 1.29 is 25.8 Å². The number of halogens is 3. The molecular weight excluding hydrogens is 535 g/mol. The normalized spacial score (nSPS) is 13.1. The van der Waals surface area contributed by atoms with Crippen LogP contribution in [0.15, 0.2) is 121 Å². The molecule has 0 aliphatic rings. The molecule has 0 aliphatic carbocycles. The van der Waals surface area contributed by atoms with Gasteiger partial charge in [-0.15, -0.1) is 0 Å². The lowest BCUT2D eigenvalue weighted by atomic mass is 10.4. The fourth-order valence-corrected chi connectivity index (χ4v) is 10.0. The summed E-state index contributed by atoms with van der Waals surface area (Å²) in [6, 6.07) is 37.6. The monoisotopic (exact) mass is 560 g/mol. The summed E-state index contributed by atoms with van der Waals surface area (Å²) in [6.45, 7) is 0. The molecule has 0 N–H and O–H groups in total. The number of alkyl halides is 3. The first-order valence-corrected chi connectivity index (χ1v) is 15.9. The summed E-state index contributed by atoms with van der Waals surface area (Å²) in [4.78, 5) is 0. The van der Waals surface area contributed by atoms with E-state index in [1.165, 1.54) is 0 Å². The van der Waals surface area contributed by atoms with E-state index in [9.17, 15) is 21.6 Å². The molecule has 37 heavy (non-hydrogen) atoms. The third-order valence-electron chi connectivity index (χ3n) is 5.61. The summed E-state index contributed by atoms with van der Waals surface area (Å²) < 4.78 is 70.1. The van der Waals surface area contributed by atoms with E-state index >= 15 is 0 Å². The van der Waals surface area contributed by atoms with E-state index in [1.54, 1.807) is 24.3 Å². The summed E-state index contributed by atoms with van der Waals surface area (Å²) in [5.41, 5.74) is -5.51. The Hall–Kier alpha value is -2.56. The van der Waals surface area contributed by atoms with Crippen LogP contribution in [0.1, 0.15) is 6.42 Å². The number of rotatable bonds is 10. The molecule has 0 aliphatic heterocycles. The zero-order chi connectivity index (χ0) is 26.3. The van der Waals surface area contributed by atoms with Crippen LogP contribution in [0.2, 0.25) is 0 Å². The van der Waals surface area contributed by atoms with Crippen molar-refractivity contribution in [2.24, 2.45) is 0 Å². The lowest BCUT2D eigenvalue weighted by Crippen LogP contribution is -2.33. The van der Waals surface area contributed by atoms with E-state index in [4.69, 9.17) is 4.18 Å². The standard InChI is InChI=1S/C28H25F3O3P2S/c29-28(30,31)37(32,33)34-27(36(25-17-9-3-10-18-25)26-19-11-4-12-20-26)21-22-35(23-13-5-1-6-14-23)24-15-7-2-8-16-24/h1-20,27H,21-22H2. The number of hydrogen-bond acceptors (Lipinski definition) is 3. The van der Waals surface area contributed by atoms with Crippen molar-refractivity contribution in [2.75, 3.05) is 6.16 Å². The van der Waals surface area contributed by atoms with Crippen LogP contribution in [0, 0.1) is 0 Å². The van der Waals surface area contributed by atoms with Crippen LogP contribution >= 0.6 is 15.8 Å². The second-order valence-electron chi connectivity index (χ2n) is 8.10. The summed E-state index contributed by atoms with van der Waals surface area (Å²) >= 11 is 0. The summed E-state index contributed by atoms with van der Waals surface area (Å²) in [6.07, 6.45) is 0.584. The minimum atomic E-state index is -5.81. The van der Waals surface area contributed by atoms with Gasteiger partial charge in [-0.3, -0.25) is 4.18 Å². The van der Waals surface area contributed by atoms with Gasteiger partial charge in [-0.05, 0) is 49.6 Å². The average Bonchev–Trinajstić information content (AvgIpc) is 2.90. The predicted molar refractivity (Wildman–Crippen MR) is 147 cm³/mol. The minimum Gasteiger partial charge on any atom is -0.255 e. The van der Waals surface area contributed by atoms with E-state index in [0.29, 0.717) is 6.16 Å². The van der Waals surface area contributed by atoms with Gasteiger partial charge >= 0.3 is 15.6 Å². The van der Waals surface area contributed by atoms with Crippen molar-refractivity contribution in [3.8, 4) is 0 Å². The predicted octanol–water partition coefficient (Wildman–Crippen LogP) is 5.83. The van der Waals surface area contributed by atoms with E-state index in [-0.39, 0.29) is 6.42 Å². The molecule has 0 bridgehead atoms. The van der Waals surface area contributed by atoms with Gasteiger partial charge in [0.15, 0.2) is 0 Å². The Morgan fingerprint density at radius 1 is 0.622 bits per heavy atom. The maximum Gasteiger partial charge on any atom is 0.523 e. The van der Waals surface area contributed by atoms with Crippen LogP contribution in [0.3, 0.4) is 0 Å².